The lowest BCUT2D eigenvalue weighted by molar-refractivity contribution is 0.0954. The smallest absolute Gasteiger partial charge is 0.261 e. The van der Waals surface area contributed by atoms with Gasteiger partial charge in [-0.1, -0.05) is 18.2 Å². The second kappa shape index (κ2) is 5.75. The van der Waals surface area contributed by atoms with Gasteiger partial charge in [-0.15, -0.1) is 11.3 Å². The summed E-state index contributed by atoms with van der Waals surface area (Å²) >= 11 is 1.35. The molecule has 0 spiro atoms. The Morgan fingerprint density at radius 2 is 2.06 bits per heavy atom. The summed E-state index contributed by atoms with van der Waals surface area (Å²) in [6, 6.07) is 9.93. The predicted molar refractivity (Wildman–Crippen MR) is 69.8 cm³/mol. The summed E-state index contributed by atoms with van der Waals surface area (Å²) in [5, 5.41) is 2.68. The SMILES string of the molecule is NCc1ccc(C(=O)NCc2ccccc2F)s1. The Hall–Kier alpha value is -1.72. The minimum atomic E-state index is -0.313. The second-order valence-corrected chi connectivity index (χ2v) is 4.91. The molecular weight excluding hydrogens is 251 g/mol. The molecule has 0 fully saturated rings. The van der Waals surface area contributed by atoms with E-state index in [0.29, 0.717) is 17.0 Å². The molecule has 1 heterocycles. The highest BCUT2D eigenvalue weighted by Crippen LogP contribution is 2.15. The first-order chi connectivity index (χ1) is 8.70. The van der Waals surface area contributed by atoms with Crippen molar-refractivity contribution in [2.24, 2.45) is 5.73 Å². The molecule has 5 heteroatoms. The summed E-state index contributed by atoms with van der Waals surface area (Å²) in [4.78, 5) is 13.3. The summed E-state index contributed by atoms with van der Waals surface area (Å²) in [7, 11) is 0. The van der Waals surface area contributed by atoms with Gasteiger partial charge in [-0.05, 0) is 18.2 Å². The van der Waals surface area contributed by atoms with Gasteiger partial charge in [0, 0.05) is 23.5 Å². The lowest BCUT2D eigenvalue weighted by Crippen LogP contribution is -2.22. The highest BCUT2D eigenvalue weighted by molar-refractivity contribution is 7.14. The van der Waals surface area contributed by atoms with Crippen LogP contribution in [0, 0.1) is 5.82 Å². The summed E-state index contributed by atoms with van der Waals surface area (Å²) < 4.78 is 13.3. The molecule has 0 saturated heterocycles. The van der Waals surface area contributed by atoms with Gasteiger partial charge >= 0.3 is 0 Å². The molecule has 0 atom stereocenters. The number of halogens is 1. The summed E-state index contributed by atoms with van der Waals surface area (Å²) in [6.07, 6.45) is 0. The van der Waals surface area contributed by atoms with Crippen molar-refractivity contribution in [1.82, 2.24) is 5.32 Å². The number of carbonyl (C=O) groups is 1. The Morgan fingerprint density at radius 1 is 1.28 bits per heavy atom. The summed E-state index contributed by atoms with van der Waals surface area (Å²) in [6.45, 7) is 0.604. The van der Waals surface area contributed by atoms with Gasteiger partial charge in [-0.25, -0.2) is 4.39 Å². The van der Waals surface area contributed by atoms with Gasteiger partial charge in [0.1, 0.15) is 5.82 Å². The third-order valence-electron chi connectivity index (χ3n) is 2.48. The van der Waals surface area contributed by atoms with E-state index in [1.165, 1.54) is 17.4 Å². The fourth-order valence-corrected chi connectivity index (χ4v) is 2.32. The maximum Gasteiger partial charge on any atom is 0.261 e. The molecule has 0 bridgehead atoms. The Morgan fingerprint density at radius 3 is 2.72 bits per heavy atom. The van der Waals surface area contributed by atoms with E-state index < -0.39 is 0 Å². The minimum absolute atomic E-state index is 0.182. The summed E-state index contributed by atoms with van der Waals surface area (Å²) in [5.74, 6) is -0.519. The van der Waals surface area contributed by atoms with E-state index in [2.05, 4.69) is 5.32 Å². The van der Waals surface area contributed by atoms with E-state index in [0.717, 1.165) is 4.88 Å². The van der Waals surface area contributed by atoms with Crippen molar-refractivity contribution in [3.8, 4) is 0 Å². The van der Waals surface area contributed by atoms with Gasteiger partial charge in [0.2, 0.25) is 0 Å². The van der Waals surface area contributed by atoms with Gasteiger partial charge in [0.15, 0.2) is 0 Å². The fraction of sp³-hybridized carbons (Fsp3) is 0.154. The van der Waals surface area contributed by atoms with Gasteiger partial charge in [-0.3, -0.25) is 4.79 Å². The zero-order chi connectivity index (χ0) is 13.0. The first-order valence-corrected chi connectivity index (χ1v) is 6.32. The molecule has 0 unspecified atom stereocenters. The minimum Gasteiger partial charge on any atom is -0.347 e. The van der Waals surface area contributed by atoms with Crippen molar-refractivity contribution < 1.29 is 9.18 Å². The van der Waals surface area contributed by atoms with Gasteiger partial charge in [-0.2, -0.15) is 0 Å². The zero-order valence-corrected chi connectivity index (χ0v) is 10.5. The molecule has 2 aromatic rings. The number of amides is 1. The van der Waals surface area contributed by atoms with Crippen LogP contribution < -0.4 is 11.1 Å². The largest absolute Gasteiger partial charge is 0.347 e. The average molecular weight is 264 g/mol. The average Bonchev–Trinajstić information content (AvgIpc) is 2.86. The summed E-state index contributed by atoms with van der Waals surface area (Å²) in [5.41, 5.74) is 5.95. The van der Waals surface area contributed by atoms with Crippen LogP contribution in [0.2, 0.25) is 0 Å². The van der Waals surface area contributed by atoms with Crippen molar-refractivity contribution in [2.45, 2.75) is 13.1 Å². The first-order valence-electron chi connectivity index (χ1n) is 5.51. The fourth-order valence-electron chi connectivity index (χ4n) is 1.51. The van der Waals surface area contributed by atoms with E-state index in [1.807, 2.05) is 6.07 Å². The molecule has 2 rings (SSSR count). The quantitative estimate of drug-likeness (QED) is 0.890. The maximum atomic E-state index is 13.3. The van der Waals surface area contributed by atoms with Crippen LogP contribution in [0.1, 0.15) is 20.1 Å². The highest BCUT2D eigenvalue weighted by atomic mass is 32.1. The Kier molecular flexibility index (Phi) is 4.07. The molecule has 3 nitrogen and oxygen atoms in total. The number of rotatable bonds is 4. The number of thiophene rings is 1. The number of carbonyl (C=O) groups excluding carboxylic acids is 1. The molecule has 18 heavy (non-hydrogen) atoms. The van der Waals surface area contributed by atoms with Crippen molar-refractivity contribution in [3.63, 3.8) is 0 Å². The van der Waals surface area contributed by atoms with Crippen LogP contribution in [-0.4, -0.2) is 5.91 Å². The Balaban J connectivity index is 1.98. The lowest BCUT2D eigenvalue weighted by Gasteiger charge is -2.04. The third-order valence-corrected chi connectivity index (χ3v) is 3.59. The molecular formula is C13H13FN2OS. The molecule has 1 aromatic carbocycles. The van der Waals surface area contributed by atoms with Gasteiger partial charge < -0.3 is 11.1 Å². The lowest BCUT2D eigenvalue weighted by atomic mass is 10.2. The van der Waals surface area contributed by atoms with Crippen LogP contribution >= 0.6 is 11.3 Å². The number of hydrogen-bond donors (Lipinski definition) is 2. The second-order valence-electron chi connectivity index (χ2n) is 3.74. The van der Waals surface area contributed by atoms with Crippen LogP contribution in [0.5, 0.6) is 0 Å². The van der Waals surface area contributed by atoms with Crippen molar-refractivity contribution in [1.29, 1.82) is 0 Å². The first kappa shape index (κ1) is 12.7. The third kappa shape index (κ3) is 2.94. The maximum absolute atomic E-state index is 13.3. The van der Waals surface area contributed by atoms with Crippen molar-refractivity contribution in [2.75, 3.05) is 0 Å². The molecule has 0 aliphatic carbocycles. The van der Waals surface area contributed by atoms with Gasteiger partial charge in [0.25, 0.3) is 5.91 Å². The monoisotopic (exact) mass is 264 g/mol. The van der Waals surface area contributed by atoms with Gasteiger partial charge in [0.05, 0.1) is 4.88 Å². The zero-order valence-electron chi connectivity index (χ0n) is 9.65. The molecule has 0 aliphatic heterocycles. The van der Waals surface area contributed by atoms with E-state index in [1.54, 1.807) is 24.3 Å². The molecule has 0 aliphatic rings. The van der Waals surface area contributed by atoms with Crippen molar-refractivity contribution >= 4 is 17.2 Å². The molecule has 1 aromatic heterocycles. The predicted octanol–water partition coefficient (Wildman–Crippen LogP) is 2.28. The number of nitrogens with one attached hydrogen (secondary N) is 1. The van der Waals surface area contributed by atoms with Crippen LogP contribution in [0.15, 0.2) is 36.4 Å². The Labute approximate surface area is 108 Å². The molecule has 0 radical (unpaired) electrons. The van der Waals surface area contributed by atoms with E-state index in [-0.39, 0.29) is 18.3 Å². The number of nitrogens with two attached hydrogens (primary N) is 1. The van der Waals surface area contributed by atoms with E-state index in [4.69, 9.17) is 5.73 Å². The van der Waals surface area contributed by atoms with E-state index >= 15 is 0 Å². The van der Waals surface area contributed by atoms with Crippen LogP contribution in [0.25, 0.3) is 0 Å². The number of hydrogen-bond acceptors (Lipinski definition) is 3. The van der Waals surface area contributed by atoms with Crippen molar-refractivity contribution in [3.05, 3.63) is 57.5 Å². The molecule has 0 saturated carbocycles. The highest BCUT2D eigenvalue weighted by Gasteiger charge is 2.09. The standard InChI is InChI=1S/C13H13FN2OS/c14-11-4-2-1-3-9(11)8-16-13(17)12-6-5-10(7-15)18-12/h1-6H,7-8,15H2,(H,16,17). The normalized spacial score (nSPS) is 10.3. The van der Waals surface area contributed by atoms with Crippen LogP contribution in [0.3, 0.4) is 0 Å². The van der Waals surface area contributed by atoms with E-state index in [9.17, 15) is 9.18 Å². The molecule has 3 N–H and O–H groups in total. The van der Waals surface area contributed by atoms with Crippen LogP contribution in [-0.2, 0) is 13.1 Å². The number of benzene rings is 1. The molecule has 1 amide bonds. The van der Waals surface area contributed by atoms with Crippen LogP contribution in [0.4, 0.5) is 4.39 Å². The topological polar surface area (TPSA) is 55.1 Å². The molecule has 94 valence electrons. The Bertz CT molecular complexity index is 553.